The van der Waals surface area contributed by atoms with E-state index in [-0.39, 0.29) is 24.7 Å². The Kier molecular flexibility index (Phi) is 3.97. The zero-order chi connectivity index (χ0) is 12.3. The van der Waals surface area contributed by atoms with Gasteiger partial charge in [0, 0.05) is 31.3 Å². The van der Waals surface area contributed by atoms with Crippen LogP contribution in [0.25, 0.3) is 0 Å². The maximum atomic E-state index is 12.9. The lowest BCUT2D eigenvalue weighted by Crippen LogP contribution is -2.41. The quantitative estimate of drug-likeness (QED) is 0.795. The van der Waals surface area contributed by atoms with E-state index in [1.165, 1.54) is 0 Å². The number of halogens is 2. The molecule has 1 unspecified atom stereocenters. The van der Waals surface area contributed by atoms with E-state index in [1.54, 1.807) is 0 Å². The lowest BCUT2D eigenvalue weighted by molar-refractivity contribution is -0.129. The number of amides is 1. The number of hydrogen-bond acceptors (Lipinski definition) is 2. The average Bonchev–Trinajstić information content (AvgIpc) is 2.78. The zero-order valence-corrected chi connectivity index (χ0v) is 9.98. The summed E-state index contributed by atoms with van der Waals surface area (Å²) in [7, 11) is 0. The van der Waals surface area contributed by atoms with Crippen molar-refractivity contribution in [2.45, 2.75) is 50.5 Å². The molecule has 1 aliphatic carbocycles. The Balaban J connectivity index is 1.69. The number of carbonyl (C=O) groups excluding carboxylic acids is 1. The largest absolute Gasteiger partial charge is 0.354 e. The summed E-state index contributed by atoms with van der Waals surface area (Å²) in [4.78, 5) is 11.8. The minimum absolute atomic E-state index is 0.0470. The third-order valence-corrected chi connectivity index (χ3v) is 3.77. The maximum absolute atomic E-state index is 12.9. The standard InChI is InChI=1S/C12H20F2N2O/c13-12(14)5-3-9(4-6-12)11(17)16-8-10-2-1-7-15-10/h9-10,15H,1-8H2,(H,16,17). The lowest BCUT2D eigenvalue weighted by atomic mass is 9.86. The van der Waals surface area contributed by atoms with Crippen LogP contribution in [0.3, 0.4) is 0 Å². The van der Waals surface area contributed by atoms with Gasteiger partial charge in [0.1, 0.15) is 0 Å². The molecule has 0 radical (unpaired) electrons. The second-order valence-electron chi connectivity index (χ2n) is 5.17. The van der Waals surface area contributed by atoms with Crippen LogP contribution in [0.5, 0.6) is 0 Å². The maximum Gasteiger partial charge on any atom is 0.248 e. The van der Waals surface area contributed by atoms with Crippen molar-refractivity contribution in [3.05, 3.63) is 0 Å². The second kappa shape index (κ2) is 5.29. The zero-order valence-electron chi connectivity index (χ0n) is 9.98. The number of rotatable bonds is 3. The Labute approximate surface area is 100 Å². The van der Waals surface area contributed by atoms with E-state index >= 15 is 0 Å². The van der Waals surface area contributed by atoms with Gasteiger partial charge in [-0.1, -0.05) is 0 Å². The Hall–Kier alpha value is -0.710. The number of nitrogens with one attached hydrogen (secondary N) is 2. The fourth-order valence-corrected chi connectivity index (χ4v) is 2.60. The van der Waals surface area contributed by atoms with Gasteiger partial charge in [-0.05, 0) is 32.2 Å². The molecule has 2 rings (SSSR count). The highest BCUT2D eigenvalue weighted by Gasteiger charge is 2.37. The van der Waals surface area contributed by atoms with Crippen LogP contribution < -0.4 is 10.6 Å². The Bertz CT molecular complexity index is 268. The molecular formula is C12H20F2N2O. The molecule has 0 aromatic carbocycles. The summed E-state index contributed by atoms with van der Waals surface area (Å²) in [5.74, 6) is -2.81. The van der Waals surface area contributed by atoms with Crippen LogP contribution in [0, 0.1) is 5.92 Å². The Morgan fingerprint density at radius 1 is 1.29 bits per heavy atom. The highest BCUT2D eigenvalue weighted by atomic mass is 19.3. The molecule has 2 fully saturated rings. The van der Waals surface area contributed by atoms with Gasteiger partial charge in [-0.15, -0.1) is 0 Å². The van der Waals surface area contributed by atoms with Crippen LogP contribution >= 0.6 is 0 Å². The third-order valence-electron chi connectivity index (χ3n) is 3.77. The topological polar surface area (TPSA) is 41.1 Å². The van der Waals surface area contributed by atoms with E-state index < -0.39 is 5.92 Å². The second-order valence-corrected chi connectivity index (χ2v) is 5.17. The van der Waals surface area contributed by atoms with Crippen molar-refractivity contribution in [3.8, 4) is 0 Å². The first-order chi connectivity index (χ1) is 8.07. The molecule has 1 saturated heterocycles. The summed E-state index contributed by atoms with van der Waals surface area (Å²) < 4.78 is 25.9. The predicted octanol–water partition coefficient (Wildman–Crippen LogP) is 1.68. The molecule has 1 atom stereocenters. The smallest absolute Gasteiger partial charge is 0.248 e. The Morgan fingerprint density at radius 3 is 2.59 bits per heavy atom. The SMILES string of the molecule is O=C(NCC1CCCN1)C1CCC(F)(F)CC1. The van der Waals surface area contributed by atoms with Crippen molar-refractivity contribution in [1.82, 2.24) is 10.6 Å². The number of hydrogen-bond donors (Lipinski definition) is 2. The molecule has 0 aromatic heterocycles. The van der Waals surface area contributed by atoms with Crippen molar-refractivity contribution in [3.63, 3.8) is 0 Å². The fourth-order valence-electron chi connectivity index (χ4n) is 2.60. The minimum Gasteiger partial charge on any atom is -0.354 e. The van der Waals surface area contributed by atoms with Crippen LogP contribution in [0.4, 0.5) is 8.78 Å². The first-order valence-corrected chi connectivity index (χ1v) is 6.46. The summed E-state index contributed by atoms with van der Waals surface area (Å²) in [5, 5.41) is 6.17. The first kappa shape index (κ1) is 12.7. The minimum atomic E-state index is -2.55. The summed E-state index contributed by atoms with van der Waals surface area (Å²) >= 11 is 0. The van der Waals surface area contributed by atoms with Crippen LogP contribution in [0.15, 0.2) is 0 Å². The highest BCUT2D eigenvalue weighted by Crippen LogP contribution is 2.36. The summed E-state index contributed by atoms with van der Waals surface area (Å²) in [6.07, 6.45) is 2.58. The van der Waals surface area contributed by atoms with Gasteiger partial charge in [-0.2, -0.15) is 0 Å². The molecule has 17 heavy (non-hydrogen) atoms. The van der Waals surface area contributed by atoms with E-state index in [9.17, 15) is 13.6 Å². The normalized spacial score (nSPS) is 29.2. The van der Waals surface area contributed by atoms with Gasteiger partial charge in [0.05, 0.1) is 0 Å². The molecule has 1 amide bonds. The Morgan fingerprint density at radius 2 is 2.00 bits per heavy atom. The molecule has 2 N–H and O–H groups in total. The van der Waals surface area contributed by atoms with E-state index in [4.69, 9.17) is 0 Å². The summed E-state index contributed by atoms with van der Waals surface area (Å²) in [6, 6.07) is 0.365. The van der Waals surface area contributed by atoms with Crippen molar-refractivity contribution in [2.24, 2.45) is 5.92 Å². The fraction of sp³-hybridized carbons (Fsp3) is 0.917. The van der Waals surface area contributed by atoms with Crippen LogP contribution in [0.2, 0.25) is 0 Å². The van der Waals surface area contributed by atoms with Crippen molar-refractivity contribution >= 4 is 5.91 Å². The van der Waals surface area contributed by atoms with Crippen molar-refractivity contribution in [1.29, 1.82) is 0 Å². The molecule has 1 aliphatic heterocycles. The monoisotopic (exact) mass is 246 g/mol. The van der Waals surface area contributed by atoms with E-state index in [0.717, 1.165) is 19.4 Å². The molecule has 5 heteroatoms. The van der Waals surface area contributed by atoms with Gasteiger partial charge in [-0.3, -0.25) is 4.79 Å². The van der Waals surface area contributed by atoms with E-state index in [2.05, 4.69) is 10.6 Å². The first-order valence-electron chi connectivity index (χ1n) is 6.46. The van der Waals surface area contributed by atoms with E-state index in [1.807, 2.05) is 0 Å². The molecule has 3 nitrogen and oxygen atoms in total. The third kappa shape index (κ3) is 3.63. The molecule has 0 spiro atoms. The molecular weight excluding hydrogens is 226 g/mol. The molecule has 98 valence electrons. The average molecular weight is 246 g/mol. The molecule has 2 aliphatic rings. The van der Waals surface area contributed by atoms with Crippen molar-refractivity contribution in [2.75, 3.05) is 13.1 Å². The number of alkyl halides is 2. The predicted molar refractivity (Wildman–Crippen MR) is 60.9 cm³/mol. The summed E-state index contributed by atoms with van der Waals surface area (Å²) in [5.41, 5.74) is 0. The molecule has 0 aromatic rings. The molecule has 1 heterocycles. The summed E-state index contributed by atoms with van der Waals surface area (Å²) in [6.45, 7) is 1.64. The highest BCUT2D eigenvalue weighted by molar-refractivity contribution is 5.78. The van der Waals surface area contributed by atoms with Gasteiger partial charge < -0.3 is 10.6 Å². The molecule has 1 saturated carbocycles. The van der Waals surface area contributed by atoms with Gasteiger partial charge in [0.15, 0.2) is 0 Å². The van der Waals surface area contributed by atoms with Crippen LogP contribution in [-0.2, 0) is 4.79 Å². The van der Waals surface area contributed by atoms with Gasteiger partial charge in [0.25, 0.3) is 0 Å². The van der Waals surface area contributed by atoms with Crippen LogP contribution in [-0.4, -0.2) is 31.0 Å². The van der Waals surface area contributed by atoms with E-state index in [0.29, 0.717) is 25.4 Å². The molecule has 0 bridgehead atoms. The lowest BCUT2D eigenvalue weighted by Gasteiger charge is -2.27. The van der Waals surface area contributed by atoms with Gasteiger partial charge in [0.2, 0.25) is 11.8 Å². The van der Waals surface area contributed by atoms with Crippen molar-refractivity contribution < 1.29 is 13.6 Å². The van der Waals surface area contributed by atoms with Gasteiger partial charge >= 0.3 is 0 Å². The number of carbonyl (C=O) groups is 1. The van der Waals surface area contributed by atoms with Gasteiger partial charge in [-0.25, -0.2) is 8.78 Å². The van der Waals surface area contributed by atoms with Crippen LogP contribution in [0.1, 0.15) is 38.5 Å².